The van der Waals surface area contributed by atoms with Crippen LogP contribution in [0.4, 0.5) is 28.9 Å². The average Bonchev–Trinajstić information content (AvgIpc) is 4.09. The van der Waals surface area contributed by atoms with E-state index in [0.29, 0.717) is 82.1 Å². The maximum absolute atomic E-state index is 16.6. The predicted octanol–water partition coefficient (Wildman–Crippen LogP) is 7.69. The molecule has 0 radical (unpaired) electrons. The van der Waals surface area contributed by atoms with Crippen LogP contribution in [-0.4, -0.2) is 106 Å². The molecule has 6 aliphatic heterocycles. The van der Waals surface area contributed by atoms with Crippen molar-refractivity contribution < 1.29 is 41.5 Å². The number of fused-ring (bicyclic) bond motifs is 6. The van der Waals surface area contributed by atoms with E-state index in [4.69, 9.17) is 17.3 Å². The van der Waals surface area contributed by atoms with Gasteiger partial charge >= 0.3 is 6.18 Å². The van der Waals surface area contributed by atoms with E-state index in [0.717, 1.165) is 49.7 Å². The lowest BCUT2D eigenvalue weighted by Gasteiger charge is -2.59. The van der Waals surface area contributed by atoms with Gasteiger partial charge in [0.05, 0.1) is 11.1 Å². The highest BCUT2D eigenvalue weighted by atomic mass is 35.5. The highest BCUT2D eigenvalue weighted by Crippen LogP contribution is 2.66. The van der Waals surface area contributed by atoms with Crippen LogP contribution in [0.2, 0.25) is 5.02 Å². The Morgan fingerprint density at radius 1 is 0.930 bits per heavy atom. The zero-order valence-electron chi connectivity index (χ0n) is 40.4. The molecule has 5 amide bonds. The third-order valence-electron chi connectivity index (χ3n) is 18.4. The minimum Gasteiger partial charge on any atom is -0.384 e. The number of carbonyl (C=O) groups excluding carboxylic acids is 5. The molecule has 5 atom stereocenters. The number of rotatable bonds is 7. The van der Waals surface area contributed by atoms with Crippen LogP contribution in [0, 0.1) is 22.1 Å². The first-order chi connectivity index (χ1) is 33.6. The number of benzene rings is 2. The molecule has 18 heteroatoms. The quantitative estimate of drug-likeness (QED) is 0.159. The molecule has 3 aliphatic carbocycles. The van der Waals surface area contributed by atoms with Crippen molar-refractivity contribution in [1.29, 1.82) is 0 Å². The number of imide groups is 1. The Bertz CT molecular complexity index is 2730. The van der Waals surface area contributed by atoms with Crippen molar-refractivity contribution in [3.05, 3.63) is 87.4 Å². The van der Waals surface area contributed by atoms with E-state index in [-0.39, 0.29) is 57.8 Å². The minimum atomic E-state index is -4.70. The first kappa shape index (κ1) is 48.0. The highest BCUT2D eigenvalue weighted by molar-refractivity contribution is 6.30. The van der Waals surface area contributed by atoms with E-state index in [2.05, 4.69) is 57.2 Å². The molecule has 13 nitrogen and oxygen atoms in total. The van der Waals surface area contributed by atoms with Gasteiger partial charge in [0, 0.05) is 103 Å². The molecule has 9 aliphatic rings. The van der Waals surface area contributed by atoms with Gasteiger partial charge in [0.2, 0.25) is 23.6 Å². The van der Waals surface area contributed by atoms with Gasteiger partial charge < -0.3 is 25.8 Å². The summed E-state index contributed by atoms with van der Waals surface area (Å²) < 4.78 is 59.0. The lowest BCUT2D eigenvalue weighted by molar-refractivity contribution is -0.157. The van der Waals surface area contributed by atoms with Gasteiger partial charge in [-0.05, 0) is 123 Å². The topological polar surface area (TPSA) is 161 Å². The number of aromatic nitrogens is 1. The van der Waals surface area contributed by atoms with Crippen LogP contribution in [0.25, 0.3) is 0 Å². The molecule has 2 aromatic carbocycles. The first-order valence-electron chi connectivity index (χ1n) is 25.2. The van der Waals surface area contributed by atoms with Gasteiger partial charge in [-0.3, -0.25) is 39.2 Å². The van der Waals surface area contributed by atoms with Crippen molar-refractivity contribution >= 4 is 52.5 Å². The Labute approximate surface area is 415 Å². The van der Waals surface area contributed by atoms with Crippen LogP contribution >= 0.6 is 11.6 Å². The lowest BCUT2D eigenvalue weighted by Crippen LogP contribution is -2.65. The summed E-state index contributed by atoms with van der Waals surface area (Å²) in [5.41, 5.74) is 6.17. The molecule has 2 bridgehead atoms. The molecule has 4 N–H and O–H groups in total. The van der Waals surface area contributed by atoms with Crippen LogP contribution < -0.4 is 21.3 Å². The second kappa shape index (κ2) is 16.6. The van der Waals surface area contributed by atoms with Crippen molar-refractivity contribution in [2.45, 2.75) is 146 Å². The van der Waals surface area contributed by atoms with Gasteiger partial charge in [0.15, 0.2) is 0 Å². The van der Waals surface area contributed by atoms with Crippen LogP contribution in [0.15, 0.2) is 48.7 Å². The number of primary amides is 1. The average molecular weight is 1000 g/mol. The van der Waals surface area contributed by atoms with Crippen LogP contribution in [0.1, 0.15) is 136 Å². The highest BCUT2D eigenvalue weighted by Gasteiger charge is 2.70. The summed E-state index contributed by atoms with van der Waals surface area (Å²) in [5.74, 6) is -3.04. The fraction of sp³-hybridized carbons (Fsp3) is 0.585. The lowest BCUT2D eigenvalue weighted by atomic mass is 9.55. The number of anilines is 2. The van der Waals surface area contributed by atoms with Crippen molar-refractivity contribution in [1.82, 2.24) is 25.0 Å². The molecule has 378 valence electrons. The molecule has 12 rings (SSSR count). The number of hydrogen-bond acceptors (Lipinski definition) is 9. The Morgan fingerprint density at radius 3 is 2.30 bits per heavy atom. The van der Waals surface area contributed by atoms with Gasteiger partial charge in [0.1, 0.15) is 17.6 Å². The standard InChI is InChI=1S/C53H61ClF4N8O5/c1-48(2,3)25-39-52(28-61-36-24-38(53(56,57)58)60-26-34(36)52)41(33-5-4-6-35(54)42(33)55)43(44(59)68)66(39)51-14-11-50(12-15-51,13-16-51)47(71)64-22-19-49(29-64)17-20-63(21-18-49)31-7-8-32-30(23-31)27-65(46(32)70)37-9-10-40(67)62-45(37)69/h4-8,23-24,26,37,39,41,43,61H,9-22,25,27-29H2,1-3H3,(H2,59,68)(H,62,67,69)/t37?,39-,41-,43+,50?,51?,52-/m0/s1. The number of nitrogens with zero attached hydrogens (tertiary/aromatic N) is 5. The Kier molecular flexibility index (Phi) is 11.2. The second-order valence-electron chi connectivity index (χ2n) is 23.4. The number of hydrogen-bond donors (Lipinski definition) is 3. The summed E-state index contributed by atoms with van der Waals surface area (Å²) in [6.45, 7) is 9.66. The van der Waals surface area contributed by atoms with E-state index in [1.165, 1.54) is 12.3 Å². The summed E-state index contributed by atoms with van der Waals surface area (Å²) in [6.07, 6.45) is 3.90. The number of carbonyl (C=O) groups is 5. The molecule has 3 saturated carbocycles. The van der Waals surface area contributed by atoms with Gasteiger partial charge in [0.25, 0.3) is 5.91 Å². The van der Waals surface area contributed by atoms with E-state index in [1.54, 1.807) is 17.0 Å². The smallest absolute Gasteiger partial charge is 0.384 e. The molecule has 1 aromatic heterocycles. The monoisotopic (exact) mass is 1000 g/mol. The number of nitrogens with one attached hydrogen (secondary N) is 2. The fourth-order valence-electron chi connectivity index (χ4n) is 14.8. The maximum Gasteiger partial charge on any atom is 0.433 e. The van der Waals surface area contributed by atoms with Crippen LogP contribution in [0.3, 0.4) is 0 Å². The van der Waals surface area contributed by atoms with Gasteiger partial charge in [-0.2, -0.15) is 13.2 Å². The molecular formula is C53H61ClF4N8O5. The van der Waals surface area contributed by atoms with E-state index in [9.17, 15) is 32.3 Å². The maximum atomic E-state index is 16.6. The number of piperidine rings is 2. The van der Waals surface area contributed by atoms with E-state index in [1.807, 2.05) is 12.1 Å². The van der Waals surface area contributed by atoms with Gasteiger partial charge in [-0.1, -0.05) is 44.5 Å². The molecular weight excluding hydrogens is 940 g/mol. The summed E-state index contributed by atoms with van der Waals surface area (Å²) in [7, 11) is 0. The van der Waals surface area contributed by atoms with Crippen molar-refractivity contribution in [2.75, 3.05) is 42.9 Å². The summed E-state index contributed by atoms with van der Waals surface area (Å²) in [6, 6.07) is 9.35. The Balaban J connectivity index is 0.823. The second-order valence-corrected chi connectivity index (χ2v) is 23.8. The van der Waals surface area contributed by atoms with E-state index >= 15 is 9.18 Å². The molecule has 1 unspecified atom stereocenters. The summed E-state index contributed by atoms with van der Waals surface area (Å²) in [4.78, 5) is 79.3. The minimum absolute atomic E-state index is 0.0180. The number of amides is 5. The number of halogens is 5. The molecule has 7 heterocycles. The van der Waals surface area contributed by atoms with Crippen molar-refractivity contribution in [2.24, 2.45) is 22.0 Å². The fourth-order valence-corrected chi connectivity index (χ4v) is 15.0. The van der Waals surface area contributed by atoms with Crippen LogP contribution in [-0.2, 0) is 37.3 Å². The number of alkyl halides is 3. The summed E-state index contributed by atoms with van der Waals surface area (Å²) >= 11 is 6.48. The molecule has 2 spiro atoms. The normalized spacial score (nSPS) is 31.4. The first-order valence-corrected chi connectivity index (χ1v) is 25.6. The molecule has 7 fully saturated rings. The SMILES string of the molecule is CC(C)(C)C[C@@H]1N(C23CCC(C(=O)N4CCC5(CCN(c6ccc7c(c6)CN(C6CCC(=O)NC6=O)C7=O)CC5)C4)(CC2)CC3)[C@@H](C(N)=O)[C@H](c2cccc(Cl)c2F)[C@]12CNc1cc(C(F)(F)F)ncc12. The van der Waals surface area contributed by atoms with Crippen LogP contribution in [0.5, 0.6) is 0 Å². The molecule has 4 saturated heterocycles. The zero-order chi connectivity index (χ0) is 50.2. The number of likely N-dealkylation sites (tertiary alicyclic amines) is 2. The number of nitrogens with two attached hydrogens (primary N) is 1. The number of pyridine rings is 1. The van der Waals surface area contributed by atoms with Crippen molar-refractivity contribution in [3.63, 3.8) is 0 Å². The summed E-state index contributed by atoms with van der Waals surface area (Å²) in [5, 5.41) is 5.50. The third-order valence-corrected chi connectivity index (χ3v) is 18.7. The third kappa shape index (κ3) is 7.62. The van der Waals surface area contributed by atoms with Gasteiger partial charge in [-0.15, -0.1) is 0 Å². The molecule has 3 aromatic rings. The largest absolute Gasteiger partial charge is 0.433 e. The van der Waals surface area contributed by atoms with E-state index < -0.39 is 69.9 Å². The Morgan fingerprint density at radius 2 is 1.63 bits per heavy atom. The predicted molar refractivity (Wildman–Crippen MR) is 257 cm³/mol. The van der Waals surface area contributed by atoms with Crippen molar-refractivity contribution in [3.8, 4) is 0 Å². The van der Waals surface area contributed by atoms with Gasteiger partial charge in [-0.25, -0.2) is 4.39 Å². The molecule has 71 heavy (non-hydrogen) atoms. The zero-order valence-corrected chi connectivity index (χ0v) is 41.2. The Hall–Kier alpha value is -5.29.